The van der Waals surface area contributed by atoms with Gasteiger partial charge in [0.05, 0.1) is 0 Å². The van der Waals surface area contributed by atoms with Crippen molar-refractivity contribution in [2.45, 2.75) is 26.4 Å². The van der Waals surface area contributed by atoms with E-state index in [0.717, 1.165) is 19.5 Å². The zero-order valence-corrected chi connectivity index (χ0v) is 6.73. The van der Waals surface area contributed by atoms with Crippen molar-refractivity contribution in [1.82, 2.24) is 5.32 Å². The maximum Gasteiger partial charge on any atom is 0.106 e. The Bertz CT molecular complexity index is 99.4. The summed E-state index contributed by atoms with van der Waals surface area (Å²) < 4.78 is 13.1. The number of hydrogen-bond acceptors (Lipinski definition) is 1. The van der Waals surface area contributed by atoms with Crippen LogP contribution in [0.1, 0.15) is 20.3 Å². The van der Waals surface area contributed by atoms with E-state index in [1.54, 1.807) is 0 Å². The van der Waals surface area contributed by atoms with Gasteiger partial charge in [0.1, 0.15) is 6.17 Å². The predicted molar refractivity (Wildman–Crippen MR) is 40.7 cm³/mol. The largest absolute Gasteiger partial charge is 0.316 e. The van der Waals surface area contributed by atoms with Crippen LogP contribution in [0.25, 0.3) is 0 Å². The molecular formula is C8H16FN. The minimum absolute atomic E-state index is 0.308. The number of alkyl halides is 1. The Morgan fingerprint density at radius 2 is 2.10 bits per heavy atom. The first kappa shape index (κ1) is 7.99. The van der Waals surface area contributed by atoms with Gasteiger partial charge in [-0.3, -0.25) is 0 Å². The summed E-state index contributed by atoms with van der Waals surface area (Å²) in [5.41, 5.74) is 0. The maximum absolute atomic E-state index is 13.1. The summed E-state index contributed by atoms with van der Waals surface area (Å²) in [6, 6.07) is 0. The van der Waals surface area contributed by atoms with Crippen LogP contribution in [0.15, 0.2) is 0 Å². The van der Waals surface area contributed by atoms with Gasteiger partial charge < -0.3 is 5.32 Å². The van der Waals surface area contributed by atoms with Crippen molar-refractivity contribution in [1.29, 1.82) is 0 Å². The van der Waals surface area contributed by atoms with Gasteiger partial charge in [0.15, 0.2) is 0 Å². The quantitative estimate of drug-likeness (QED) is 0.636. The minimum Gasteiger partial charge on any atom is -0.316 e. The van der Waals surface area contributed by atoms with E-state index in [4.69, 9.17) is 0 Å². The van der Waals surface area contributed by atoms with Crippen LogP contribution in [0.5, 0.6) is 0 Å². The van der Waals surface area contributed by atoms with E-state index in [-0.39, 0.29) is 0 Å². The molecule has 1 aliphatic rings. The van der Waals surface area contributed by atoms with E-state index in [1.165, 1.54) is 0 Å². The van der Waals surface area contributed by atoms with E-state index in [1.807, 2.05) is 0 Å². The second-order valence-corrected chi connectivity index (χ2v) is 3.56. The fraction of sp³-hybridized carbons (Fsp3) is 1.00. The molecule has 1 fully saturated rings. The van der Waals surface area contributed by atoms with Crippen LogP contribution in [-0.4, -0.2) is 19.3 Å². The van der Waals surface area contributed by atoms with E-state index < -0.39 is 6.17 Å². The van der Waals surface area contributed by atoms with E-state index >= 15 is 0 Å². The summed E-state index contributed by atoms with van der Waals surface area (Å²) in [6.07, 6.45) is 0.160. The molecule has 0 bridgehead atoms. The third kappa shape index (κ3) is 1.94. The lowest BCUT2D eigenvalue weighted by molar-refractivity contribution is 0.146. The Morgan fingerprint density at radius 3 is 2.40 bits per heavy atom. The maximum atomic E-state index is 13.1. The van der Waals surface area contributed by atoms with Crippen LogP contribution in [0, 0.1) is 11.8 Å². The van der Waals surface area contributed by atoms with Gasteiger partial charge in [-0.15, -0.1) is 0 Å². The Balaban J connectivity index is 2.13. The standard InChI is InChI=1S/C8H16FN/c1-6(2)3-8(9)7-4-10-5-7/h6-8,10H,3-5H2,1-2H3. The van der Waals surface area contributed by atoms with Gasteiger partial charge in [-0.1, -0.05) is 13.8 Å². The molecule has 0 spiro atoms. The lowest BCUT2D eigenvalue weighted by Crippen LogP contribution is -2.47. The molecule has 1 atom stereocenters. The number of halogens is 1. The van der Waals surface area contributed by atoms with Crippen molar-refractivity contribution >= 4 is 0 Å². The van der Waals surface area contributed by atoms with Crippen LogP contribution in [0.3, 0.4) is 0 Å². The van der Waals surface area contributed by atoms with Gasteiger partial charge in [-0.2, -0.15) is 0 Å². The Labute approximate surface area is 62.0 Å². The molecule has 1 unspecified atom stereocenters. The Morgan fingerprint density at radius 1 is 1.50 bits per heavy atom. The van der Waals surface area contributed by atoms with Gasteiger partial charge in [0.2, 0.25) is 0 Å². The normalized spacial score (nSPS) is 22.8. The van der Waals surface area contributed by atoms with Crippen LogP contribution in [0.4, 0.5) is 4.39 Å². The minimum atomic E-state index is -0.568. The lowest BCUT2D eigenvalue weighted by atomic mass is 9.91. The first-order valence-corrected chi connectivity index (χ1v) is 4.05. The van der Waals surface area contributed by atoms with Gasteiger partial charge in [-0.05, 0) is 12.3 Å². The molecule has 0 aromatic rings. The second-order valence-electron chi connectivity index (χ2n) is 3.56. The Hall–Kier alpha value is -0.110. The molecule has 0 amide bonds. The number of hydrogen-bond donors (Lipinski definition) is 1. The van der Waals surface area contributed by atoms with Gasteiger partial charge >= 0.3 is 0 Å². The van der Waals surface area contributed by atoms with Crippen molar-refractivity contribution in [3.63, 3.8) is 0 Å². The molecule has 1 saturated heterocycles. The molecule has 10 heavy (non-hydrogen) atoms. The molecule has 1 heterocycles. The third-order valence-corrected chi connectivity index (χ3v) is 2.02. The van der Waals surface area contributed by atoms with Gasteiger partial charge in [0.25, 0.3) is 0 Å². The molecule has 1 nitrogen and oxygen atoms in total. The molecule has 0 radical (unpaired) electrons. The van der Waals surface area contributed by atoms with Crippen molar-refractivity contribution in [2.75, 3.05) is 13.1 Å². The molecular weight excluding hydrogens is 129 g/mol. The number of nitrogens with one attached hydrogen (secondary N) is 1. The molecule has 0 aliphatic carbocycles. The second kappa shape index (κ2) is 3.33. The van der Waals surface area contributed by atoms with Crippen molar-refractivity contribution < 1.29 is 4.39 Å². The lowest BCUT2D eigenvalue weighted by Gasteiger charge is -2.30. The molecule has 0 saturated carbocycles. The van der Waals surface area contributed by atoms with Crippen LogP contribution in [0.2, 0.25) is 0 Å². The zero-order valence-electron chi connectivity index (χ0n) is 6.73. The topological polar surface area (TPSA) is 12.0 Å². The summed E-state index contributed by atoms with van der Waals surface area (Å²) in [5.74, 6) is 0.804. The number of rotatable bonds is 3. The Kier molecular flexibility index (Phi) is 2.66. The average molecular weight is 145 g/mol. The van der Waals surface area contributed by atoms with Crippen LogP contribution >= 0.6 is 0 Å². The summed E-state index contributed by atoms with van der Waals surface area (Å²) in [4.78, 5) is 0. The third-order valence-electron chi connectivity index (χ3n) is 2.02. The molecule has 1 N–H and O–H groups in total. The van der Waals surface area contributed by atoms with E-state index in [2.05, 4.69) is 19.2 Å². The monoisotopic (exact) mass is 145 g/mol. The van der Waals surface area contributed by atoms with Gasteiger partial charge in [-0.25, -0.2) is 4.39 Å². The first-order valence-electron chi connectivity index (χ1n) is 4.05. The molecule has 60 valence electrons. The van der Waals surface area contributed by atoms with Crippen LogP contribution in [-0.2, 0) is 0 Å². The fourth-order valence-corrected chi connectivity index (χ4v) is 1.21. The molecule has 1 rings (SSSR count). The van der Waals surface area contributed by atoms with E-state index in [9.17, 15) is 4.39 Å². The van der Waals surface area contributed by atoms with Crippen molar-refractivity contribution in [2.24, 2.45) is 11.8 Å². The SMILES string of the molecule is CC(C)CC(F)C1CNC1. The smallest absolute Gasteiger partial charge is 0.106 e. The van der Waals surface area contributed by atoms with Crippen LogP contribution < -0.4 is 5.32 Å². The molecule has 2 heteroatoms. The average Bonchev–Trinajstić information content (AvgIpc) is 1.55. The van der Waals surface area contributed by atoms with Crippen molar-refractivity contribution in [3.05, 3.63) is 0 Å². The summed E-state index contributed by atoms with van der Waals surface area (Å²) in [7, 11) is 0. The highest BCUT2D eigenvalue weighted by atomic mass is 19.1. The summed E-state index contributed by atoms with van der Waals surface area (Å²) in [5, 5.41) is 3.08. The van der Waals surface area contributed by atoms with Crippen molar-refractivity contribution in [3.8, 4) is 0 Å². The highest BCUT2D eigenvalue weighted by molar-refractivity contribution is 4.81. The first-order chi connectivity index (χ1) is 4.70. The van der Waals surface area contributed by atoms with Gasteiger partial charge in [0, 0.05) is 19.0 Å². The van der Waals surface area contributed by atoms with E-state index in [0.29, 0.717) is 11.8 Å². The highest BCUT2D eigenvalue weighted by Gasteiger charge is 2.26. The summed E-state index contributed by atoms with van der Waals surface area (Å²) >= 11 is 0. The summed E-state index contributed by atoms with van der Waals surface area (Å²) in [6.45, 7) is 5.90. The fourth-order valence-electron chi connectivity index (χ4n) is 1.21. The predicted octanol–water partition coefficient (Wildman–Crippen LogP) is 1.59. The molecule has 0 aromatic heterocycles. The highest BCUT2D eigenvalue weighted by Crippen LogP contribution is 2.19. The molecule has 0 aromatic carbocycles. The molecule has 1 aliphatic heterocycles. The zero-order chi connectivity index (χ0) is 7.56.